The van der Waals surface area contributed by atoms with Gasteiger partial charge in [0.25, 0.3) is 0 Å². The first kappa shape index (κ1) is 13.9. The van der Waals surface area contributed by atoms with Crippen LogP contribution in [0.3, 0.4) is 0 Å². The summed E-state index contributed by atoms with van der Waals surface area (Å²) in [6.45, 7) is 0.747. The third kappa shape index (κ3) is 4.00. The maximum atomic E-state index is 11.2. The lowest BCUT2D eigenvalue weighted by molar-refractivity contribution is 0.0402. The van der Waals surface area contributed by atoms with Crippen LogP contribution in [0.2, 0.25) is 0 Å². The van der Waals surface area contributed by atoms with Gasteiger partial charge in [0.05, 0.1) is 37.0 Å². The zero-order valence-electron chi connectivity index (χ0n) is 10.2. The van der Waals surface area contributed by atoms with Crippen molar-refractivity contribution in [3.05, 3.63) is 11.9 Å². The molecule has 0 aromatic carbocycles. The number of sulfone groups is 1. The molecule has 2 heterocycles. The number of aromatic carboxylic acids is 1. The molecule has 0 unspecified atom stereocenters. The fourth-order valence-electron chi connectivity index (χ4n) is 1.85. The average molecular weight is 289 g/mol. The van der Waals surface area contributed by atoms with Gasteiger partial charge in [-0.15, -0.1) is 5.10 Å². The van der Waals surface area contributed by atoms with E-state index in [-0.39, 0.29) is 23.3 Å². The highest BCUT2D eigenvalue weighted by Gasteiger charge is 2.23. The Morgan fingerprint density at radius 3 is 2.74 bits per heavy atom. The first-order valence-corrected chi connectivity index (χ1v) is 7.74. The third-order valence-electron chi connectivity index (χ3n) is 2.93. The van der Waals surface area contributed by atoms with Crippen LogP contribution < -0.4 is 0 Å². The minimum atomic E-state index is -2.87. The van der Waals surface area contributed by atoms with Crippen molar-refractivity contribution in [1.29, 1.82) is 0 Å². The van der Waals surface area contributed by atoms with Gasteiger partial charge in [-0.3, -0.25) is 0 Å². The number of carboxylic acid groups (broad SMARTS) is 1. The van der Waals surface area contributed by atoms with Gasteiger partial charge in [-0.1, -0.05) is 5.21 Å². The van der Waals surface area contributed by atoms with Crippen LogP contribution in [0.4, 0.5) is 0 Å². The van der Waals surface area contributed by atoms with Crippen molar-refractivity contribution in [1.82, 2.24) is 15.0 Å². The van der Waals surface area contributed by atoms with E-state index in [4.69, 9.17) is 9.84 Å². The molecular weight excluding hydrogens is 274 g/mol. The molecule has 1 aromatic rings. The van der Waals surface area contributed by atoms with E-state index >= 15 is 0 Å². The largest absolute Gasteiger partial charge is 0.476 e. The van der Waals surface area contributed by atoms with Gasteiger partial charge >= 0.3 is 5.97 Å². The number of carbonyl (C=O) groups is 1. The Morgan fingerprint density at radius 2 is 2.16 bits per heavy atom. The zero-order valence-corrected chi connectivity index (χ0v) is 11.0. The Bertz CT molecular complexity index is 539. The highest BCUT2D eigenvalue weighted by Crippen LogP contribution is 2.15. The van der Waals surface area contributed by atoms with Crippen molar-refractivity contribution in [2.75, 3.05) is 18.1 Å². The molecule has 1 N–H and O–H groups in total. The summed E-state index contributed by atoms with van der Waals surface area (Å²) in [6, 6.07) is 0. The minimum absolute atomic E-state index is 0.0500. The predicted octanol–water partition coefficient (Wildman–Crippen LogP) is -0.430. The van der Waals surface area contributed by atoms with Crippen molar-refractivity contribution >= 4 is 15.8 Å². The van der Waals surface area contributed by atoms with Gasteiger partial charge in [0.1, 0.15) is 0 Å². The number of hydrogen-bond acceptors (Lipinski definition) is 6. The summed E-state index contributed by atoms with van der Waals surface area (Å²) in [5, 5.41) is 15.8. The zero-order chi connectivity index (χ0) is 13.9. The van der Waals surface area contributed by atoms with Gasteiger partial charge in [-0.2, -0.15) is 0 Å². The van der Waals surface area contributed by atoms with E-state index in [1.807, 2.05) is 0 Å². The van der Waals surface area contributed by atoms with Gasteiger partial charge in [0.15, 0.2) is 15.5 Å². The molecule has 1 aliphatic heterocycles. The number of nitrogens with zero attached hydrogens (tertiary/aromatic N) is 3. The second-order valence-corrected chi connectivity index (χ2v) is 6.70. The third-order valence-corrected chi connectivity index (χ3v) is 4.65. The molecule has 0 radical (unpaired) electrons. The molecule has 1 aliphatic rings. The summed E-state index contributed by atoms with van der Waals surface area (Å²) in [5.41, 5.74) is -0.108. The highest BCUT2D eigenvalue weighted by molar-refractivity contribution is 7.91. The summed E-state index contributed by atoms with van der Waals surface area (Å²) < 4.78 is 29.4. The summed E-state index contributed by atoms with van der Waals surface area (Å²) in [4.78, 5) is 10.6. The summed E-state index contributed by atoms with van der Waals surface area (Å²) in [5.74, 6) is -0.779. The van der Waals surface area contributed by atoms with Crippen molar-refractivity contribution in [2.45, 2.75) is 25.5 Å². The maximum Gasteiger partial charge on any atom is 0.358 e. The van der Waals surface area contributed by atoms with Crippen molar-refractivity contribution < 1.29 is 23.1 Å². The molecule has 0 atom stereocenters. The second-order valence-electron chi connectivity index (χ2n) is 4.39. The lowest BCUT2D eigenvalue weighted by atomic mass is 10.2. The van der Waals surface area contributed by atoms with E-state index in [2.05, 4.69) is 10.3 Å². The van der Waals surface area contributed by atoms with Gasteiger partial charge in [-0.25, -0.2) is 17.9 Å². The van der Waals surface area contributed by atoms with Crippen molar-refractivity contribution in [3.8, 4) is 0 Å². The standard InChI is InChI=1S/C10H15N3O5S/c14-10(15)9-7-13(12-11-9)3-4-18-8-1-5-19(16,17)6-2-8/h7-8H,1-6H2,(H,14,15). The topological polar surface area (TPSA) is 111 Å². The molecular formula is C10H15N3O5S. The number of rotatable bonds is 5. The Kier molecular flexibility index (Phi) is 4.15. The van der Waals surface area contributed by atoms with Gasteiger partial charge in [-0.05, 0) is 12.8 Å². The molecule has 8 nitrogen and oxygen atoms in total. The van der Waals surface area contributed by atoms with Crippen LogP contribution in [0.1, 0.15) is 23.3 Å². The smallest absolute Gasteiger partial charge is 0.358 e. The number of aromatic nitrogens is 3. The molecule has 0 amide bonds. The van der Waals surface area contributed by atoms with Crippen LogP contribution in [-0.2, 0) is 21.1 Å². The summed E-state index contributed by atoms with van der Waals surface area (Å²) >= 11 is 0. The molecule has 0 aliphatic carbocycles. The molecule has 1 saturated heterocycles. The molecule has 0 saturated carbocycles. The van der Waals surface area contributed by atoms with Crippen molar-refractivity contribution in [2.24, 2.45) is 0 Å². The lowest BCUT2D eigenvalue weighted by Gasteiger charge is -2.22. The number of ether oxygens (including phenoxy) is 1. The van der Waals surface area contributed by atoms with Crippen molar-refractivity contribution in [3.63, 3.8) is 0 Å². The number of carboxylic acids is 1. The van der Waals surface area contributed by atoms with E-state index in [0.717, 1.165) is 0 Å². The van der Waals surface area contributed by atoms with E-state index in [9.17, 15) is 13.2 Å². The van der Waals surface area contributed by atoms with Crippen LogP contribution >= 0.6 is 0 Å². The Balaban J connectivity index is 1.73. The molecule has 1 aromatic heterocycles. The lowest BCUT2D eigenvalue weighted by Crippen LogP contribution is -2.29. The first-order chi connectivity index (χ1) is 8.96. The normalized spacial score (nSPS) is 19.4. The quantitative estimate of drug-likeness (QED) is 0.782. The monoisotopic (exact) mass is 289 g/mol. The van der Waals surface area contributed by atoms with Crippen LogP contribution in [0.15, 0.2) is 6.20 Å². The van der Waals surface area contributed by atoms with Gasteiger partial charge in [0, 0.05) is 0 Å². The fourth-order valence-corrected chi connectivity index (χ4v) is 3.30. The van der Waals surface area contributed by atoms with E-state index in [1.54, 1.807) is 0 Å². The SMILES string of the molecule is O=C(O)c1cn(CCOC2CCS(=O)(=O)CC2)nn1. The van der Waals surface area contributed by atoms with E-state index < -0.39 is 15.8 Å². The fraction of sp³-hybridized carbons (Fsp3) is 0.700. The molecule has 106 valence electrons. The molecule has 2 rings (SSSR count). The maximum absolute atomic E-state index is 11.2. The van der Waals surface area contributed by atoms with Gasteiger partial charge in [0.2, 0.25) is 0 Å². The first-order valence-electron chi connectivity index (χ1n) is 5.92. The Morgan fingerprint density at radius 1 is 1.47 bits per heavy atom. The molecule has 9 heteroatoms. The summed E-state index contributed by atoms with van der Waals surface area (Å²) in [6.07, 6.45) is 2.31. The number of hydrogen-bond donors (Lipinski definition) is 1. The van der Waals surface area contributed by atoms with E-state index in [1.165, 1.54) is 10.9 Å². The Labute approximate surface area is 110 Å². The van der Waals surface area contributed by atoms with Crippen LogP contribution in [0, 0.1) is 0 Å². The van der Waals surface area contributed by atoms with Gasteiger partial charge < -0.3 is 9.84 Å². The molecule has 1 fully saturated rings. The van der Waals surface area contributed by atoms with E-state index in [0.29, 0.717) is 26.0 Å². The average Bonchev–Trinajstić information content (AvgIpc) is 2.80. The highest BCUT2D eigenvalue weighted by atomic mass is 32.2. The Hall–Kier alpha value is -1.48. The molecule has 19 heavy (non-hydrogen) atoms. The van der Waals surface area contributed by atoms with Crippen LogP contribution in [0.25, 0.3) is 0 Å². The van der Waals surface area contributed by atoms with Crippen LogP contribution in [-0.4, -0.2) is 58.7 Å². The molecule has 0 spiro atoms. The predicted molar refractivity (Wildman–Crippen MR) is 64.6 cm³/mol. The summed E-state index contributed by atoms with van der Waals surface area (Å²) in [7, 11) is -2.87. The van der Waals surface area contributed by atoms with Crippen LogP contribution in [0.5, 0.6) is 0 Å². The molecule has 0 bridgehead atoms. The minimum Gasteiger partial charge on any atom is -0.476 e. The second kappa shape index (κ2) is 5.66.